The topological polar surface area (TPSA) is 21.6 Å². The highest BCUT2D eigenvalue weighted by molar-refractivity contribution is 5.79. The molecule has 0 aliphatic heterocycles. The van der Waals surface area contributed by atoms with Crippen LogP contribution in [0.25, 0.3) is 11.1 Å². The molecule has 0 spiro atoms. The Hall–Kier alpha value is -2.87. The van der Waals surface area contributed by atoms with Crippen LogP contribution in [0, 0.1) is 0 Å². The van der Waals surface area contributed by atoms with Crippen LogP contribution in [0.5, 0.6) is 0 Å². The van der Waals surface area contributed by atoms with Crippen molar-refractivity contribution in [2.24, 2.45) is 5.16 Å². The molecule has 24 heavy (non-hydrogen) atoms. The molecule has 0 saturated heterocycles. The second-order valence-corrected chi connectivity index (χ2v) is 5.67. The van der Waals surface area contributed by atoms with E-state index in [1.54, 1.807) is 6.21 Å². The minimum Gasteiger partial charge on any atom is -0.391 e. The molecular formula is C22H21NO. The second kappa shape index (κ2) is 8.11. The van der Waals surface area contributed by atoms with Gasteiger partial charge in [-0.1, -0.05) is 84.9 Å². The molecule has 0 atom stereocenters. The van der Waals surface area contributed by atoms with E-state index in [4.69, 9.17) is 4.84 Å². The molecule has 0 N–H and O–H groups in total. The first-order chi connectivity index (χ1) is 11.8. The van der Waals surface area contributed by atoms with Crippen LogP contribution in [0.4, 0.5) is 0 Å². The predicted molar refractivity (Wildman–Crippen MR) is 100 cm³/mol. The zero-order valence-corrected chi connectivity index (χ0v) is 13.9. The van der Waals surface area contributed by atoms with E-state index in [0.29, 0.717) is 6.61 Å². The molecule has 0 aliphatic rings. The number of rotatable bonds is 6. The van der Waals surface area contributed by atoms with E-state index in [9.17, 15) is 0 Å². The Kier molecular flexibility index (Phi) is 5.41. The molecule has 0 aromatic heterocycles. The molecule has 3 aromatic rings. The lowest BCUT2D eigenvalue weighted by atomic mass is 10.0. The third-order valence-corrected chi connectivity index (χ3v) is 3.90. The first-order valence-corrected chi connectivity index (χ1v) is 8.24. The zero-order chi connectivity index (χ0) is 16.6. The Morgan fingerprint density at radius 1 is 0.792 bits per heavy atom. The van der Waals surface area contributed by atoms with Crippen LogP contribution in [0.1, 0.15) is 23.6 Å². The number of hydrogen-bond donors (Lipinski definition) is 0. The highest BCUT2D eigenvalue weighted by Crippen LogP contribution is 2.20. The fourth-order valence-electron chi connectivity index (χ4n) is 2.57. The van der Waals surface area contributed by atoms with Gasteiger partial charge in [-0.05, 0) is 40.3 Å². The second-order valence-electron chi connectivity index (χ2n) is 5.67. The van der Waals surface area contributed by atoms with Crippen molar-refractivity contribution in [1.29, 1.82) is 0 Å². The highest BCUT2D eigenvalue weighted by Gasteiger charge is 1.99. The molecule has 0 saturated carbocycles. The number of nitrogens with zero attached hydrogens (tertiary/aromatic N) is 1. The maximum Gasteiger partial charge on any atom is 0.142 e. The Morgan fingerprint density at radius 2 is 1.54 bits per heavy atom. The quantitative estimate of drug-likeness (QED) is 0.437. The van der Waals surface area contributed by atoms with Gasteiger partial charge in [0.15, 0.2) is 0 Å². The van der Waals surface area contributed by atoms with Crippen molar-refractivity contribution in [2.45, 2.75) is 20.0 Å². The number of hydrogen-bond acceptors (Lipinski definition) is 2. The lowest BCUT2D eigenvalue weighted by Gasteiger charge is -2.05. The monoisotopic (exact) mass is 315 g/mol. The van der Waals surface area contributed by atoms with Crippen LogP contribution < -0.4 is 0 Å². The Labute approximate surface area is 143 Å². The van der Waals surface area contributed by atoms with E-state index >= 15 is 0 Å². The van der Waals surface area contributed by atoms with Crippen molar-refractivity contribution in [3.8, 4) is 11.1 Å². The van der Waals surface area contributed by atoms with Gasteiger partial charge in [0.2, 0.25) is 0 Å². The normalized spacial score (nSPS) is 10.9. The SMILES string of the molecule is CCc1cccc(C=NOCc2cccc(-c3ccccc3)c2)c1. The summed E-state index contributed by atoms with van der Waals surface area (Å²) in [5, 5.41) is 4.09. The Morgan fingerprint density at radius 3 is 2.38 bits per heavy atom. The maximum atomic E-state index is 5.46. The van der Waals surface area contributed by atoms with Gasteiger partial charge in [-0.15, -0.1) is 0 Å². The minimum absolute atomic E-state index is 0.463. The van der Waals surface area contributed by atoms with Crippen molar-refractivity contribution < 1.29 is 4.84 Å². The summed E-state index contributed by atoms with van der Waals surface area (Å²) in [7, 11) is 0. The molecule has 3 rings (SSSR count). The van der Waals surface area contributed by atoms with Crippen LogP contribution in [-0.2, 0) is 17.9 Å². The van der Waals surface area contributed by atoms with Gasteiger partial charge in [-0.3, -0.25) is 0 Å². The molecule has 0 bridgehead atoms. The number of oxime groups is 1. The van der Waals surface area contributed by atoms with Crippen LogP contribution in [0.3, 0.4) is 0 Å². The molecule has 0 unspecified atom stereocenters. The minimum atomic E-state index is 0.463. The third-order valence-electron chi connectivity index (χ3n) is 3.90. The predicted octanol–water partition coefficient (Wildman–Crippen LogP) is 5.47. The van der Waals surface area contributed by atoms with Gasteiger partial charge in [-0.25, -0.2) is 0 Å². The summed E-state index contributed by atoms with van der Waals surface area (Å²) in [6.07, 6.45) is 2.79. The first kappa shape index (κ1) is 16.0. The molecule has 2 heteroatoms. The highest BCUT2D eigenvalue weighted by atomic mass is 16.6. The molecule has 0 heterocycles. The standard InChI is InChI=1S/C22H21NO/c1-2-18-8-6-9-19(14-18)16-23-24-17-20-10-7-13-22(15-20)21-11-4-3-5-12-21/h3-16H,2,17H2,1H3. The van der Waals surface area contributed by atoms with Crippen LogP contribution in [-0.4, -0.2) is 6.21 Å². The van der Waals surface area contributed by atoms with E-state index in [-0.39, 0.29) is 0 Å². The summed E-state index contributed by atoms with van der Waals surface area (Å²) in [5.74, 6) is 0. The van der Waals surface area contributed by atoms with Crippen molar-refractivity contribution >= 4 is 6.21 Å². The van der Waals surface area contributed by atoms with Crippen molar-refractivity contribution in [3.63, 3.8) is 0 Å². The lowest BCUT2D eigenvalue weighted by molar-refractivity contribution is 0.132. The Bertz CT molecular complexity index is 809. The van der Waals surface area contributed by atoms with Crippen molar-refractivity contribution in [1.82, 2.24) is 0 Å². The van der Waals surface area contributed by atoms with Crippen molar-refractivity contribution in [3.05, 3.63) is 95.6 Å². The fraction of sp³-hybridized carbons (Fsp3) is 0.136. The summed E-state index contributed by atoms with van der Waals surface area (Å²) >= 11 is 0. The Balaban J connectivity index is 1.62. The van der Waals surface area contributed by atoms with Gasteiger partial charge in [0, 0.05) is 0 Å². The molecule has 3 aromatic carbocycles. The third kappa shape index (κ3) is 4.32. The van der Waals surface area contributed by atoms with E-state index in [2.05, 4.69) is 60.6 Å². The lowest BCUT2D eigenvalue weighted by Crippen LogP contribution is -1.90. The summed E-state index contributed by atoms with van der Waals surface area (Å²) < 4.78 is 0. The number of aryl methyl sites for hydroxylation is 1. The smallest absolute Gasteiger partial charge is 0.142 e. The van der Waals surface area contributed by atoms with E-state index < -0.39 is 0 Å². The van der Waals surface area contributed by atoms with Gasteiger partial charge >= 0.3 is 0 Å². The number of benzene rings is 3. The van der Waals surface area contributed by atoms with Crippen LogP contribution >= 0.6 is 0 Å². The molecule has 0 fully saturated rings. The molecular weight excluding hydrogens is 294 g/mol. The first-order valence-electron chi connectivity index (χ1n) is 8.24. The zero-order valence-electron chi connectivity index (χ0n) is 13.9. The van der Waals surface area contributed by atoms with Gasteiger partial charge in [0.1, 0.15) is 6.61 Å². The average Bonchev–Trinajstić information content (AvgIpc) is 2.66. The molecule has 120 valence electrons. The molecule has 0 aliphatic carbocycles. The molecule has 2 nitrogen and oxygen atoms in total. The molecule has 0 amide bonds. The van der Waals surface area contributed by atoms with Crippen LogP contribution in [0.2, 0.25) is 0 Å². The van der Waals surface area contributed by atoms with Gasteiger partial charge in [0.25, 0.3) is 0 Å². The fourth-order valence-corrected chi connectivity index (χ4v) is 2.57. The summed E-state index contributed by atoms with van der Waals surface area (Å²) in [5.41, 5.74) is 5.87. The van der Waals surface area contributed by atoms with Gasteiger partial charge in [-0.2, -0.15) is 0 Å². The van der Waals surface area contributed by atoms with E-state index in [0.717, 1.165) is 17.5 Å². The maximum absolute atomic E-state index is 5.46. The van der Waals surface area contributed by atoms with E-state index in [1.807, 2.05) is 30.3 Å². The average molecular weight is 315 g/mol. The van der Waals surface area contributed by atoms with E-state index in [1.165, 1.54) is 16.7 Å². The van der Waals surface area contributed by atoms with Gasteiger partial charge in [0.05, 0.1) is 6.21 Å². The largest absolute Gasteiger partial charge is 0.391 e. The summed E-state index contributed by atoms with van der Waals surface area (Å²) in [6.45, 7) is 2.61. The summed E-state index contributed by atoms with van der Waals surface area (Å²) in [6, 6.07) is 27.0. The van der Waals surface area contributed by atoms with Crippen LogP contribution in [0.15, 0.2) is 84.0 Å². The molecule has 0 radical (unpaired) electrons. The summed E-state index contributed by atoms with van der Waals surface area (Å²) in [4.78, 5) is 5.46. The van der Waals surface area contributed by atoms with Crippen molar-refractivity contribution in [2.75, 3.05) is 0 Å². The van der Waals surface area contributed by atoms with Gasteiger partial charge < -0.3 is 4.84 Å².